The molecule has 136 valence electrons. The molecule has 0 aromatic heterocycles. The standard InChI is InChI=1S/C18H17FN2O5/c1-18(24,11-2-7-14-15(8-11)26-10-25-14)9-20-16(22)17(23)21-13-5-3-12(19)4-6-13/h2-8,24H,9-10H2,1H3,(H,20,22)(H,21,23). The molecule has 0 fully saturated rings. The first-order valence-electron chi connectivity index (χ1n) is 7.82. The van der Waals surface area contributed by atoms with Gasteiger partial charge in [-0.15, -0.1) is 0 Å². The van der Waals surface area contributed by atoms with Crippen LogP contribution in [0.15, 0.2) is 42.5 Å². The molecule has 2 aromatic rings. The van der Waals surface area contributed by atoms with Crippen molar-refractivity contribution in [3.63, 3.8) is 0 Å². The van der Waals surface area contributed by atoms with Gasteiger partial charge in [0.25, 0.3) is 0 Å². The van der Waals surface area contributed by atoms with E-state index in [0.29, 0.717) is 17.1 Å². The van der Waals surface area contributed by atoms with Crippen LogP contribution in [0.2, 0.25) is 0 Å². The van der Waals surface area contributed by atoms with Crippen molar-refractivity contribution in [2.24, 2.45) is 0 Å². The number of carbonyl (C=O) groups is 2. The molecule has 3 rings (SSSR count). The summed E-state index contributed by atoms with van der Waals surface area (Å²) in [5.41, 5.74) is -0.637. The van der Waals surface area contributed by atoms with E-state index in [4.69, 9.17) is 9.47 Å². The number of carbonyl (C=O) groups excluding carboxylic acids is 2. The average molecular weight is 360 g/mol. The number of nitrogens with one attached hydrogen (secondary N) is 2. The van der Waals surface area contributed by atoms with Crippen molar-refractivity contribution in [2.75, 3.05) is 18.7 Å². The first-order chi connectivity index (χ1) is 12.3. The minimum atomic E-state index is -1.42. The lowest BCUT2D eigenvalue weighted by atomic mass is 9.95. The van der Waals surface area contributed by atoms with Crippen LogP contribution in [0.1, 0.15) is 12.5 Å². The fourth-order valence-electron chi connectivity index (χ4n) is 2.39. The summed E-state index contributed by atoms with van der Waals surface area (Å²) in [4.78, 5) is 23.8. The smallest absolute Gasteiger partial charge is 0.313 e. The number of benzene rings is 2. The number of ether oxygens (including phenoxy) is 2. The first-order valence-corrected chi connectivity index (χ1v) is 7.82. The van der Waals surface area contributed by atoms with E-state index >= 15 is 0 Å². The van der Waals surface area contributed by atoms with Crippen molar-refractivity contribution in [1.29, 1.82) is 0 Å². The van der Waals surface area contributed by atoms with Crippen LogP contribution in [0.3, 0.4) is 0 Å². The van der Waals surface area contributed by atoms with E-state index in [0.717, 1.165) is 12.1 Å². The summed E-state index contributed by atoms with van der Waals surface area (Å²) < 4.78 is 23.3. The van der Waals surface area contributed by atoms with E-state index in [1.165, 1.54) is 19.1 Å². The molecule has 1 heterocycles. The monoisotopic (exact) mass is 360 g/mol. The summed E-state index contributed by atoms with van der Waals surface area (Å²) in [6.45, 7) is 1.42. The number of amides is 2. The molecule has 3 N–H and O–H groups in total. The minimum absolute atomic E-state index is 0.112. The number of rotatable bonds is 4. The van der Waals surface area contributed by atoms with Crippen LogP contribution in [-0.2, 0) is 15.2 Å². The summed E-state index contributed by atoms with van der Waals surface area (Å²) in [6.07, 6.45) is 0. The number of hydrogen-bond acceptors (Lipinski definition) is 5. The topological polar surface area (TPSA) is 96.9 Å². The number of halogens is 1. The first kappa shape index (κ1) is 17.7. The highest BCUT2D eigenvalue weighted by Crippen LogP contribution is 2.35. The van der Waals surface area contributed by atoms with E-state index in [-0.39, 0.29) is 19.0 Å². The largest absolute Gasteiger partial charge is 0.454 e. The Balaban J connectivity index is 1.59. The van der Waals surface area contributed by atoms with Crippen LogP contribution in [0.5, 0.6) is 11.5 Å². The molecule has 0 bridgehead atoms. The summed E-state index contributed by atoms with van der Waals surface area (Å²) in [7, 11) is 0. The van der Waals surface area contributed by atoms with Crippen molar-refractivity contribution < 1.29 is 28.6 Å². The lowest BCUT2D eigenvalue weighted by molar-refractivity contribution is -0.136. The van der Waals surface area contributed by atoms with Gasteiger partial charge in [-0.1, -0.05) is 6.07 Å². The van der Waals surface area contributed by atoms with Gasteiger partial charge in [-0.3, -0.25) is 9.59 Å². The van der Waals surface area contributed by atoms with E-state index in [1.807, 2.05) is 0 Å². The number of aliphatic hydroxyl groups is 1. The fourth-order valence-corrected chi connectivity index (χ4v) is 2.39. The van der Waals surface area contributed by atoms with Gasteiger partial charge in [0.2, 0.25) is 6.79 Å². The van der Waals surface area contributed by atoms with Crippen molar-refractivity contribution in [2.45, 2.75) is 12.5 Å². The van der Waals surface area contributed by atoms with Gasteiger partial charge in [0, 0.05) is 5.69 Å². The third kappa shape index (κ3) is 3.92. The number of fused-ring (bicyclic) bond motifs is 1. The van der Waals surface area contributed by atoms with Crippen molar-refractivity contribution in [3.05, 3.63) is 53.8 Å². The molecule has 2 amide bonds. The van der Waals surface area contributed by atoms with Crippen molar-refractivity contribution >= 4 is 17.5 Å². The lowest BCUT2D eigenvalue weighted by Gasteiger charge is -2.24. The quantitative estimate of drug-likeness (QED) is 0.719. The van der Waals surface area contributed by atoms with E-state index in [2.05, 4.69) is 10.6 Å². The Morgan fingerprint density at radius 2 is 1.81 bits per heavy atom. The molecule has 26 heavy (non-hydrogen) atoms. The molecule has 8 heteroatoms. The van der Waals surface area contributed by atoms with Gasteiger partial charge < -0.3 is 25.2 Å². The summed E-state index contributed by atoms with van der Waals surface area (Å²) in [6, 6.07) is 9.93. The molecular formula is C18H17FN2O5. The van der Waals surface area contributed by atoms with Crippen molar-refractivity contribution in [1.82, 2.24) is 5.32 Å². The molecule has 0 radical (unpaired) electrons. The zero-order chi connectivity index (χ0) is 18.7. The average Bonchev–Trinajstić information content (AvgIpc) is 3.09. The van der Waals surface area contributed by atoms with Gasteiger partial charge in [-0.2, -0.15) is 0 Å². The second-order valence-corrected chi connectivity index (χ2v) is 5.99. The zero-order valence-electron chi connectivity index (χ0n) is 13.9. The van der Waals surface area contributed by atoms with Gasteiger partial charge >= 0.3 is 11.8 Å². The predicted molar refractivity (Wildman–Crippen MR) is 90.2 cm³/mol. The molecule has 7 nitrogen and oxygen atoms in total. The Kier molecular flexibility index (Phi) is 4.77. The summed E-state index contributed by atoms with van der Waals surface area (Å²) in [5, 5.41) is 15.3. The molecule has 1 aliphatic rings. The molecule has 0 saturated carbocycles. The maximum absolute atomic E-state index is 12.8. The van der Waals surface area contributed by atoms with Gasteiger partial charge in [-0.25, -0.2) is 4.39 Å². The van der Waals surface area contributed by atoms with Crippen LogP contribution in [0, 0.1) is 5.82 Å². The van der Waals surface area contributed by atoms with Crippen LogP contribution in [-0.4, -0.2) is 30.3 Å². The van der Waals surface area contributed by atoms with E-state index < -0.39 is 23.2 Å². The van der Waals surface area contributed by atoms with E-state index in [9.17, 15) is 19.1 Å². The Bertz CT molecular complexity index is 836. The maximum atomic E-state index is 12.8. The van der Waals surface area contributed by atoms with Gasteiger partial charge in [0.15, 0.2) is 11.5 Å². The number of anilines is 1. The second-order valence-electron chi connectivity index (χ2n) is 5.99. The lowest BCUT2D eigenvalue weighted by Crippen LogP contribution is -2.43. The second kappa shape index (κ2) is 7.01. The molecule has 1 atom stereocenters. The Labute approximate surface area is 148 Å². The normalized spacial score (nSPS) is 14.4. The molecule has 0 aliphatic carbocycles. The van der Waals surface area contributed by atoms with E-state index in [1.54, 1.807) is 18.2 Å². The highest BCUT2D eigenvalue weighted by molar-refractivity contribution is 6.39. The predicted octanol–water partition coefficient (Wildman–Crippen LogP) is 1.52. The molecule has 0 saturated heterocycles. The summed E-state index contributed by atoms with van der Waals surface area (Å²) in [5.74, 6) is -1.21. The summed E-state index contributed by atoms with van der Waals surface area (Å²) >= 11 is 0. The Morgan fingerprint density at radius 1 is 1.12 bits per heavy atom. The van der Waals surface area contributed by atoms with Gasteiger partial charge in [0.1, 0.15) is 11.4 Å². The SMILES string of the molecule is CC(O)(CNC(=O)C(=O)Nc1ccc(F)cc1)c1ccc2c(c1)OCO2. The van der Waals surface area contributed by atoms with Crippen LogP contribution < -0.4 is 20.1 Å². The van der Waals surface area contributed by atoms with Gasteiger partial charge in [-0.05, 0) is 48.9 Å². The molecule has 1 unspecified atom stereocenters. The highest BCUT2D eigenvalue weighted by Gasteiger charge is 2.27. The van der Waals surface area contributed by atoms with Crippen LogP contribution >= 0.6 is 0 Å². The molecular weight excluding hydrogens is 343 g/mol. The molecule has 0 spiro atoms. The fraction of sp³-hybridized carbons (Fsp3) is 0.222. The Morgan fingerprint density at radius 3 is 2.54 bits per heavy atom. The molecule has 2 aromatic carbocycles. The number of hydrogen-bond donors (Lipinski definition) is 3. The molecule has 1 aliphatic heterocycles. The van der Waals surface area contributed by atoms with Crippen molar-refractivity contribution in [3.8, 4) is 11.5 Å². The Hall–Kier alpha value is -3.13. The minimum Gasteiger partial charge on any atom is -0.454 e. The highest BCUT2D eigenvalue weighted by atomic mass is 19.1. The maximum Gasteiger partial charge on any atom is 0.313 e. The van der Waals surface area contributed by atoms with Gasteiger partial charge in [0.05, 0.1) is 6.54 Å². The third-order valence-electron chi connectivity index (χ3n) is 3.90. The van der Waals surface area contributed by atoms with Crippen LogP contribution in [0.4, 0.5) is 10.1 Å². The van der Waals surface area contributed by atoms with Crippen LogP contribution in [0.25, 0.3) is 0 Å². The third-order valence-corrected chi connectivity index (χ3v) is 3.90. The zero-order valence-corrected chi connectivity index (χ0v) is 13.9.